The first-order valence-corrected chi connectivity index (χ1v) is 10.7. The van der Waals surface area contributed by atoms with Crippen LogP contribution in [-0.4, -0.2) is 51.1 Å². The van der Waals surface area contributed by atoms with Crippen molar-refractivity contribution in [1.29, 1.82) is 0 Å². The van der Waals surface area contributed by atoms with Crippen LogP contribution in [0.1, 0.15) is 30.4 Å². The highest BCUT2D eigenvalue weighted by Crippen LogP contribution is 2.41. The molecule has 1 fully saturated rings. The van der Waals surface area contributed by atoms with Gasteiger partial charge in [-0.1, -0.05) is 12.1 Å². The van der Waals surface area contributed by atoms with Gasteiger partial charge in [0, 0.05) is 13.1 Å². The average molecular weight is 437 g/mol. The van der Waals surface area contributed by atoms with Gasteiger partial charge in [0.15, 0.2) is 11.5 Å². The highest BCUT2D eigenvalue weighted by Gasteiger charge is 2.43. The van der Waals surface area contributed by atoms with Crippen LogP contribution in [0.15, 0.2) is 42.1 Å². The zero-order chi connectivity index (χ0) is 22.8. The van der Waals surface area contributed by atoms with Gasteiger partial charge in [-0.2, -0.15) is 0 Å². The molecule has 0 aromatic heterocycles. The van der Waals surface area contributed by atoms with E-state index >= 15 is 0 Å². The number of carbonyl (C=O) groups excluding carboxylic acids is 2. The van der Waals surface area contributed by atoms with Crippen molar-refractivity contribution >= 4 is 23.1 Å². The maximum absolute atomic E-state index is 13.8. The van der Waals surface area contributed by atoms with Gasteiger partial charge in [-0.05, 0) is 61.6 Å². The highest BCUT2D eigenvalue weighted by molar-refractivity contribution is 6.45. The molecule has 1 saturated heterocycles. The molecule has 168 valence electrons. The fourth-order valence-electron chi connectivity index (χ4n) is 4.37. The van der Waals surface area contributed by atoms with Crippen LogP contribution in [-0.2, 0) is 9.59 Å². The van der Waals surface area contributed by atoms with E-state index in [9.17, 15) is 9.59 Å². The third-order valence-corrected chi connectivity index (χ3v) is 5.98. The Balaban J connectivity index is 1.88. The van der Waals surface area contributed by atoms with E-state index in [1.165, 1.54) is 12.0 Å². The number of benzene rings is 2. The number of anilines is 1. The summed E-state index contributed by atoms with van der Waals surface area (Å²) in [6, 6.07) is 10.8. The first-order valence-electron chi connectivity index (χ1n) is 10.7. The Kier molecular flexibility index (Phi) is 6.08. The molecular formula is C25H28N2O5. The van der Waals surface area contributed by atoms with Crippen LogP contribution in [0.3, 0.4) is 0 Å². The van der Waals surface area contributed by atoms with Crippen molar-refractivity contribution in [2.75, 3.05) is 39.3 Å². The predicted octanol–water partition coefficient (Wildman–Crippen LogP) is 3.79. The Morgan fingerprint density at radius 1 is 0.750 bits per heavy atom. The van der Waals surface area contributed by atoms with Gasteiger partial charge < -0.3 is 19.1 Å². The fourth-order valence-corrected chi connectivity index (χ4v) is 4.37. The van der Waals surface area contributed by atoms with E-state index in [1.807, 2.05) is 17.9 Å². The van der Waals surface area contributed by atoms with Crippen molar-refractivity contribution in [2.24, 2.45) is 0 Å². The number of ether oxygens (including phenoxy) is 3. The first-order chi connectivity index (χ1) is 15.5. The van der Waals surface area contributed by atoms with Crippen LogP contribution in [0, 0.1) is 6.92 Å². The van der Waals surface area contributed by atoms with Gasteiger partial charge in [0.05, 0.1) is 32.6 Å². The van der Waals surface area contributed by atoms with E-state index in [4.69, 9.17) is 14.2 Å². The number of amides is 2. The van der Waals surface area contributed by atoms with E-state index in [2.05, 4.69) is 0 Å². The van der Waals surface area contributed by atoms with Crippen LogP contribution in [0.25, 0.3) is 5.57 Å². The summed E-state index contributed by atoms with van der Waals surface area (Å²) < 4.78 is 16.3. The molecule has 0 aliphatic carbocycles. The molecule has 2 aromatic carbocycles. The number of methoxy groups -OCH3 is 3. The standard InChI is InChI=1S/C25H28N2O5/c1-16-8-10-19(30-2)18(14-16)27-24(28)22(17-9-11-20(31-3)21(15-17)32-4)23(25(27)29)26-12-6-5-7-13-26/h8-11,14-15H,5-7,12-13H2,1-4H3. The molecule has 7 heteroatoms. The minimum atomic E-state index is -0.369. The second-order valence-corrected chi connectivity index (χ2v) is 7.96. The lowest BCUT2D eigenvalue weighted by Crippen LogP contribution is -2.37. The van der Waals surface area contributed by atoms with Crippen molar-refractivity contribution in [1.82, 2.24) is 4.90 Å². The smallest absolute Gasteiger partial charge is 0.282 e. The summed E-state index contributed by atoms with van der Waals surface area (Å²) in [6.07, 6.45) is 3.09. The molecule has 2 aliphatic rings. The number of carbonyl (C=O) groups is 2. The van der Waals surface area contributed by atoms with Gasteiger partial charge in [-0.15, -0.1) is 0 Å². The van der Waals surface area contributed by atoms with Crippen LogP contribution in [0.5, 0.6) is 17.2 Å². The fraction of sp³-hybridized carbons (Fsp3) is 0.360. The number of rotatable bonds is 6. The van der Waals surface area contributed by atoms with E-state index in [1.54, 1.807) is 44.6 Å². The number of hydrogen-bond donors (Lipinski definition) is 0. The molecule has 0 saturated carbocycles. The molecule has 2 aliphatic heterocycles. The third kappa shape index (κ3) is 3.68. The normalized spacial score (nSPS) is 16.6. The van der Waals surface area contributed by atoms with Crippen molar-refractivity contribution in [3.05, 3.63) is 53.2 Å². The van der Waals surface area contributed by atoms with Crippen molar-refractivity contribution in [3.8, 4) is 17.2 Å². The first kappa shape index (κ1) is 21.7. The summed E-state index contributed by atoms with van der Waals surface area (Å²) in [5, 5.41) is 0. The van der Waals surface area contributed by atoms with E-state index in [-0.39, 0.29) is 11.8 Å². The number of imide groups is 1. The minimum absolute atomic E-state index is 0.328. The summed E-state index contributed by atoms with van der Waals surface area (Å²) in [6.45, 7) is 3.40. The Morgan fingerprint density at radius 3 is 2.06 bits per heavy atom. The van der Waals surface area contributed by atoms with Gasteiger partial charge in [0.1, 0.15) is 11.4 Å². The van der Waals surface area contributed by atoms with Crippen molar-refractivity contribution in [2.45, 2.75) is 26.2 Å². The van der Waals surface area contributed by atoms with Crippen molar-refractivity contribution < 1.29 is 23.8 Å². The summed E-state index contributed by atoms with van der Waals surface area (Å²) in [4.78, 5) is 30.8. The Labute approximate surface area is 188 Å². The second-order valence-electron chi connectivity index (χ2n) is 7.96. The highest BCUT2D eigenvalue weighted by atomic mass is 16.5. The molecule has 2 aromatic rings. The molecule has 0 spiro atoms. The van der Waals surface area contributed by atoms with Gasteiger partial charge in [0.25, 0.3) is 11.8 Å². The molecule has 2 amide bonds. The van der Waals surface area contributed by atoms with Crippen LogP contribution in [0.2, 0.25) is 0 Å². The van der Waals surface area contributed by atoms with Crippen LogP contribution >= 0.6 is 0 Å². The Bertz CT molecular complexity index is 1090. The summed E-state index contributed by atoms with van der Waals surface area (Å²) in [5.74, 6) is 0.841. The largest absolute Gasteiger partial charge is 0.495 e. The molecule has 7 nitrogen and oxygen atoms in total. The molecule has 4 rings (SSSR count). The molecule has 0 N–H and O–H groups in total. The summed E-state index contributed by atoms with van der Waals surface area (Å²) in [5.41, 5.74) is 2.82. The van der Waals surface area contributed by atoms with E-state index in [0.717, 1.165) is 37.9 Å². The summed E-state index contributed by atoms with van der Waals surface area (Å²) >= 11 is 0. The molecule has 0 radical (unpaired) electrons. The maximum Gasteiger partial charge on any atom is 0.282 e. The van der Waals surface area contributed by atoms with Crippen LogP contribution < -0.4 is 19.1 Å². The predicted molar refractivity (Wildman–Crippen MR) is 122 cm³/mol. The number of piperidine rings is 1. The van der Waals surface area contributed by atoms with E-state index < -0.39 is 0 Å². The number of likely N-dealkylation sites (tertiary alicyclic amines) is 1. The number of hydrogen-bond acceptors (Lipinski definition) is 6. The van der Waals surface area contributed by atoms with Gasteiger partial charge >= 0.3 is 0 Å². The lowest BCUT2D eigenvalue weighted by atomic mass is 10.0. The van der Waals surface area contributed by atoms with E-state index in [0.29, 0.717) is 39.8 Å². The molecule has 0 bridgehead atoms. The van der Waals surface area contributed by atoms with Crippen LogP contribution in [0.4, 0.5) is 5.69 Å². The SMILES string of the molecule is COc1ccc(C2=C(N3CCCCC3)C(=O)N(c3cc(C)ccc3OC)C2=O)cc1OC. The summed E-state index contributed by atoms with van der Waals surface area (Å²) in [7, 11) is 4.65. The molecule has 32 heavy (non-hydrogen) atoms. The second kappa shape index (κ2) is 8.94. The number of nitrogens with zero attached hydrogens (tertiary/aromatic N) is 2. The maximum atomic E-state index is 13.8. The third-order valence-electron chi connectivity index (χ3n) is 5.98. The Hall–Kier alpha value is -3.48. The number of aryl methyl sites for hydroxylation is 1. The quantitative estimate of drug-likeness (QED) is 0.642. The lowest BCUT2D eigenvalue weighted by Gasteiger charge is -2.29. The monoisotopic (exact) mass is 436 g/mol. The molecule has 0 atom stereocenters. The topological polar surface area (TPSA) is 68.3 Å². The zero-order valence-corrected chi connectivity index (χ0v) is 18.9. The zero-order valence-electron chi connectivity index (χ0n) is 18.9. The molecular weight excluding hydrogens is 408 g/mol. The molecule has 0 unspecified atom stereocenters. The molecule has 2 heterocycles. The van der Waals surface area contributed by atoms with Gasteiger partial charge in [0.2, 0.25) is 0 Å². The van der Waals surface area contributed by atoms with Gasteiger partial charge in [-0.3, -0.25) is 9.59 Å². The van der Waals surface area contributed by atoms with Crippen molar-refractivity contribution in [3.63, 3.8) is 0 Å². The minimum Gasteiger partial charge on any atom is -0.495 e. The Morgan fingerprint density at radius 2 is 1.41 bits per heavy atom. The van der Waals surface area contributed by atoms with Gasteiger partial charge in [-0.25, -0.2) is 4.90 Å². The lowest BCUT2D eigenvalue weighted by molar-refractivity contribution is -0.120. The average Bonchev–Trinajstić information content (AvgIpc) is 3.08.